The Bertz CT molecular complexity index is 568. The van der Waals surface area contributed by atoms with Gasteiger partial charge in [-0.3, -0.25) is 4.79 Å². The van der Waals surface area contributed by atoms with Gasteiger partial charge in [-0.1, -0.05) is 51.8 Å². The number of aromatic nitrogens is 1. The molecule has 1 amide bonds. The first kappa shape index (κ1) is 15.6. The molecule has 0 spiro atoms. The number of aromatic amines is 1. The molecule has 114 valence electrons. The van der Waals surface area contributed by atoms with Gasteiger partial charge in [-0.05, 0) is 30.4 Å². The number of hydrogen-bond acceptors (Lipinski definition) is 1. The summed E-state index contributed by atoms with van der Waals surface area (Å²) in [5.41, 5.74) is 7.79. The Hall–Kier alpha value is -1.77. The van der Waals surface area contributed by atoms with Crippen LogP contribution >= 0.6 is 0 Å². The number of fused-ring (bicyclic) bond motifs is 1. The highest BCUT2D eigenvalue weighted by Gasteiger charge is 2.19. The van der Waals surface area contributed by atoms with Crippen molar-refractivity contribution in [1.82, 2.24) is 4.98 Å². The molecule has 21 heavy (non-hydrogen) atoms. The quantitative estimate of drug-likeness (QED) is 0.813. The first-order valence-corrected chi connectivity index (χ1v) is 7.75. The van der Waals surface area contributed by atoms with Crippen LogP contribution in [0.1, 0.15) is 52.1 Å². The minimum absolute atomic E-state index is 0.109. The Labute approximate surface area is 126 Å². The molecule has 1 aromatic carbocycles. The summed E-state index contributed by atoms with van der Waals surface area (Å²) in [6.07, 6.45) is 4.42. The molecule has 0 aliphatic heterocycles. The molecule has 0 radical (unpaired) electrons. The zero-order valence-corrected chi connectivity index (χ0v) is 13.3. The fourth-order valence-electron chi connectivity index (χ4n) is 2.69. The van der Waals surface area contributed by atoms with E-state index >= 15 is 0 Å². The van der Waals surface area contributed by atoms with Crippen LogP contribution in [0, 0.1) is 5.92 Å². The number of H-pyrrole nitrogens is 1. The fraction of sp³-hybridized carbons (Fsp3) is 0.500. The average Bonchev–Trinajstić information content (AvgIpc) is 3.08. The molecule has 1 aromatic heterocycles. The van der Waals surface area contributed by atoms with E-state index in [1.807, 2.05) is 0 Å². The highest BCUT2D eigenvalue weighted by molar-refractivity contribution is 5.80. The van der Waals surface area contributed by atoms with Gasteiger partial charge in [0.2, 0.25) is 5.91 Å². The molecule has 3 rings (SSSR count). The Kier molecular flexibility index (Phi) is 4.71. The van der Waals surface area contributed by atoms with E-state index in [0.29, 0.717) is 0 Å². The number of para-hydroxylation sites is 1. The summed E-state index contributed by atoms with van der Waals surface area (Å²) in [5, 5.41) is 1.30. The van der Waals surface area contributed by atoms with E-state index in [-0.39, 0.29) is 17.2 Å². The van der Waals surface area contributed by atoms with Crippen molar-refractivity contribution in [2.75, 3.05) is 0 Å². The summed E-state index contributed by atoms with van der Waals surface area (Å²) in [6.45, 7) is 6.66. The number of amides is 1. The first-order valence-electron chi connectivity index (χ1n) is 7.75. The van der Waals surface area contributed by atoms with Crippen molar-refractivity contribution < 1.29 is 4.79 Å². The van der Waals surface area contributed by atoms with Crippen molar-refractivity contribution in [3.05, 3.63) is 36.0 Å². The van der Waals surface area contributed by atoms with Crippen molar-refractivity contribution >= 4 is 16.8 Å². The van der Waals surface area contributed by atoms with Crippen molar-refractivity contribution in [3.63, 3.8) is 0 Å². The summed E-state index contributed by atoms with van der Waals surface area (Å²) in [7, 11) is 0. The van der Waals surface area contributed by atoms with Gasteiger partial charge in [-0.25, -0.2) is 0 Å². The molecular formula is C18H26N2O. The maximum absolute atomic E-state index is 10.4. The van der Waals surface area contributed by atoms with Gasteiger partial charge in [0.25, 0.3) is 0 Å². The number of nitrogens with one attached hydrogen (secondary N) is 1. The van der Waals surface area contributed by atoms with Crippen LogP contribution in [-0.2, 0) is 10.2 Å². The number of rotatable bonds is 1. The van der Waals surface area contributed by atoms with Gasteiger partial charge in [0.1, 0.15) is 0 Å². The second kappa shape index (κ2) is 6.33. The van der Waals surface area contributed by atoms with Crippen LogP contribution in [0.4, 0.5) is 0 Å². The van der Waals surface area contributed by atoms with Crippen LogP contribution in [0.15, 0.2) is 30.3 Å². The number of carbonyl (C=O) groups is 1. The second-order valence-corrected chi connectivity index (χ2v) is 6.90. The molecule has 1 aliphatic rings. The summed E-state index contributed by atoms with van der Waals surface area (Å²) in [6, 6.07) is 10.6. The first-order chi connectivity index (χ1) is 9.88. The van der Waals surface area contributed by atoms with E-state index in [0.717, 1.165) is 12.8 Å². The summed E-state index contributed by atoms with van der Waals surface area (Å²) < 4.78 is 0. The molecule has 0 atom stereocenters. The molecule has 0 unspecified atom stereocenters. The highest BCUT2D eigenvalue weighted by atomic mass is 16.1. The van der Waals surface area contributed by atoms with Gasteiger partial charge in [-0.15, -0.1) is 0 Å². The Morgan fingerprint density at radius 2 is 1.81 bits per heavy atom. The molecule has 0 bridgehead atoms. The predicted octanol–water partition coefficient (Wildman–Crippen LogP) is 4.13. The second-order valence-electron chi connectivity index (χ2n) is 6.90. The third-order valence-electron chi connectivity index (χ3n) is 4.10. The van der Waals surface area contributed by atoms with Crippen molar-refractivity contribution in [1.29, 1.82) is 0 Å². The normalized spacial score (nSPS) is 15.8. The van der Waals surface area contributed by atoms with E-state index in [9.17, 15) is 4.79 Å². The number of primary amides is 1. The topological polar surface area (TPSA) is 58.9 Å². The minimum atomic E-state index is -0.109. The van der Waals surface area contributed by atoms with Gasteiger partial charge in [0.15, 0.2) is 0 Å². The zero-order chi connectivity index (χ0) is 15.5. The van der Waals surface area contributed by atoms with Gasteiger partial charge in [0.05, 0.1) is 0 Å². The highest BCUT2D eigenvalue weighted by Crippen LogP contribution is 2.25. The van der Waals surface area contributed by atoms with Crippen LogP contribution in [0.5, 0.6) is 0 Å². The SMILES string of the molecule is CC(C)(C)c1cc2ccccc2[nH]1.NC(=O)C1CCCC1. The van der Waals surface area contributed by atoms with Crippen LogP contribution in [0.25, 0.3) is 10.9 Å². The van der Waals surface area contributed by atoms with Gasteiger partial charge >= 0.3 is 0 Å². The summed E-state index contributed by atoms with van der Waals surface area (Å²) in [5.74, 6) is 0.0949. The number of nitrogens with two attached hydrogens (primary N) is 1. The number of carbonyl (C=O) groups excluding carboxylic acids is 1. The predicted molar refractivity (Wildman–Crippen MR) is 88.2 cm³/mol. The minimum Gasteiger partial charge on any atom is -0.369 e. The van der Waals surface area contributed by atoms with Crippen molar-refractivity contribution in [2.45, 2.75) is 51.9 Å². The maximum atomic E-state index is 10.4. The Balaban J connectivity index is 0.000000173. The lowest BCUT2D eigenvalue weighted by Crippen LogP contribution is -2.19. The zero-order valence-electron chi connectivity index (χ0n) is 13.3. The van der Waals surface area contributed by atoms with Gasteiger partial charge < -0.3 is 10.7 Å². The van der Waals surface area contributed by atoms with Crippen LogP contribution in [0.2, 0.25) is 0 Å². The van der Waals surface area contributed by atoms with Crippen LogP contribution < -0.4 is 5.73 Å². The lowest BCUT2D eigenvalue weighted by atomic mass is 9.92. The number of benzene rings is 1. The maximum Gasteiger partial charge on any atom is 0.220 e. The molecule has 1 fully saturated rings. The van der Waals surface area contributed by atoms with E-state index in [1.165, 1.54) is 29.4 Å². The third kappa shape index (κ3) is 4.10. The van der Waals surface area contributed by atoms with E-state index in [2.05, 4.69) is 56.1 Å². The van der Waals surface area contributed by atoms with Crippen molar-refractivity contribution in [2.24, 2.45) is 11.7 Å². The van der Waals surface area contributed by atoms with Gasteiger partial charge in [0, 0.05) is 22.5 Å². The monoisotopic (exact) mass is 286 g/mol. The van der Waals surface area contributed by atoms with Crippen LogP contribution in [-0.4, -0.2) is 10.9 Å². The summed E-state index contributed by atoms with van der Waals surface area (Å²) >= 11 is 0. The number of hydrogen-bond donors (Lipinski definition) is 2. The van der Waals surface area contributed by atoms with Crippen LogP contribution in [0.3, 0.4) is 0 Å². The smallest absolute Gasteiger partial charge is 0.220 e. The Morgan fingerprint density at radius 3 is 2.29 bits per heavy atom. The lowest BCUT2D eigenvalue weighted by molar-refractivity contribution is -0.121. The lowest BCUT2D eigenvalue weighted by Gasteiger charge is -2.15. The third-order valence-corrected chi connectivity index (χ3v) is 4.10. The average molecular weight is 286 g/mol. The largest absolute Gasteiger partial charge is 0.369 e. The standard InChI is InChI=1S/C12H15N.C6H11NO/c1-12(2,3)11-8-9-6-4-5-7-10(9)13-11;7-6(8)5-3-1-2-4-5/h4-8,13H,1-3H3;5H,1-4H2,(H2,7,8). The molecule has 0 saturated heterocycles. The van der Waals surface area contributed by atoms with E-state index in [1.54, 1.807) is 0 Å². The molecule has 3 heteroatoms. The molecule has 3 N–H and O–H groups in total. The fourth-order valence-corrected chi connectivity index (χ4v) is 2.69. The van der Waals surface area contributed by atoms with E-state index < -0.39 is 0 Å². The molecule has 3 nitrogen and oxygen atoms in total. The van der Waals surface area contributed by atoms with Gasteiger partial charge in [-0.2, -0.15) is 0 Å². The molecule has 1 aliphatic carbocycles. The molecule has 1 saturated carbocycles. The Morgan fingerprint density at radius 1 is 1.19 bits per heavy atom. The summed E-state index contributed by atoms with van der Waals surface area (Å²) in [4.78, 5) is 13.9. The molecular weight excluding hydrogens is 260 g/mol. The van der Waals surface area contributed by atoms with E-state index in [4.69, 9.17) is 5.73 Å². The van der Waals surface area contributed by atoms with Crippen molar-refractivity contribution in [3.8, 4) is 0 Å². The molecule has 1 heterocycles. The molecule has 2 aromatic rings.